The van der Waals surface area contributed by atoms with Crippen LogP contribution in [0.1, 0.15) is 26.3 Å². The summed E-state index contributed by atoms with van der Waals surface area (Å²) in [5.41, 5.74) is 0.916. The second-order valence-corrected chi connectivity index (χ2v) is 6.99. The van der Waals surface area contributed by atoms with Crippen molar-refractivity contribution >= 4 is 35.0 Å². The quantitative estimate of drug-likeness (QED) is 0.787. The number of carbonyl (C=O) groups is 3. The number of carbonyl (C=O) groups excluding carboxylic acids is 3. The van der Waals surface area contributed by atoms with Crippen molar-refractivity contribution in [3.63, 3.8) is 0 Å². The van der Waals surface area contributed by atoms with Crippen LogP contribution in [0.15, 0.2) is 29.8 Å². The van der Waals surface area contributed by atoms with Gasteiger partial charge in [-0.2, -0.15) is 0 Å². The Balaban J connectivity index is 1.80. The highest BCUT2D eigenvalue weighted by Crippen LogP contribution is 2.32. The molecule has 0 N–H and O–H groups in total. The molecule has 0 unspecified atom stereocenters. The van der Waals surface area contributed by atoms with E-state index in [2.05, 4.69) is 0 Å². The molecule has 1 aromatic rings. The molecule has 1 saturated heterocycles. The lowest BCUT2D eigenvalue weighted by atomic mass is 9.95. The summed E-state index contributed by atoms with van der Waals surface area (Å²) in [4.78, 5) is 42.6. The number of benzene rings is 1. The van der Waals surface area contributed by atoms with E-state index in [1.54, 1.807) is 25.1 Å². The number of anilines is 1. The van der Waals surface area contributed by atoms with Gasteiger partial charge in [0, 0.05) is 16.7 Å². The lowest BCUT2D eigenvalue weighted by molar-refractivity contribution is -0.165. The lowest BCUT2D eigenvalue weighted by Gasteiger charge is -2.19. The van der Waals surface area contributed by atoms with Gasteiger partial charge in [0.2, 0.25) is 0 Å². The highest BCUT2D eigenvalue weighted by Gasteiger charge is 2.40. The molecule has 126 valence electrons. The highest BCUT2D eigenvalue weighted by atomic mass is 35.5. The largest absolute Gasteiger partial charge is 0.272 e. The Kier molecular flexibility index (Phi) is 3.97. The summed E-state index contributed by atoms with van der Waals surface area (Å²) < 4.78 is 0. The number of hydrogen-bond donors (Lipinski definition) is 0. The lowest BCUT2D eigenvalue weighted by Crippen LogP contribution is -2.31. The van der Waals surface area contributed by atoms with Crippen LogP contribution in [0, 0.1) is 5.41 Å². The molecule has 1 fully saturated rings. The number of rotatable bonds is 3. The SMILES string of the molecule is CC1=CC(=O)N(c2ccc(CN3OCC(C)(C)C3=O)c(Cl)c2)C1=O. The zero-order valence-electron chi connectivity index (χ0n) is 13.6. The van der Waals surface area contributed by atoms with Crippen molar-refractivity contribution in [3.8, 4) is 0 Å². The fourth-order valence-electron chi connectivity index (χ4n) is 2.61. The van der Waals surface area contributed by atoms with Gasteiger partial charge < -0.3 is 0 Å². The van der Waals surface area contributed by atoms with E-state index < -0.39 is 5.41 Å². The summed E-state index contributed by atoms with van der Waals surface area (Å²) in [6, 6.07) is 4.87. The normalized spacial score (nSPS) is 20.2. The Hall–Kier alpha value is -2.18. The van der Waals surface area contributed by atoms with Gasteiger partial charge in [-0.05, 0) is 38.5 Å². The molecule has 0 aliphatic carbocycles. The molecule has 0 atom stereocenters. The molecule has 2 heterocycles. The number of nitrogens with zero attached hydrogens (tertiary/aromatic N) is 2. The Labute approximate surface area is 144 Å². The second kappa shape index (κ2) is 5.72. The van der Waals surface area contributed by atoms with Gasteiger partial charge in [0.05, 0.1) is 24.3 Å². The van der Waals surface area contributed by atoms with E-state index in [1.807, 2.05) is 13.8 Å². The molecule has 6 nitrogen and oxygen atoms in total. The Morgan fingerprint density at radius 2 is 1.96 bits per heavy atom. The van der Waals surface area contributed by atoms with Gasteiger partial charge in [0.1, 0.15) is 0 Å². The average Bonchev–Trinajstić information content (AvgIpc) is 2.91. The molecule has 3 amide bonds. The Morgan fingerprint density at radius 1 is 1.25 bits per heavy atom. The maximum Gasteiger partial charge on any atom is 0.261 e. The first-order chi connectivity index (χ1) is 11.2. The van der Waals surface area contributed by atoms with Crippen molar-refractivity contribution in [1.29, 1.82) is 0 Å². The maximum atomic E-state index is 12.2. The van der Waals surface area contributed by atoms with E-state index in [1.165, 1.54) is 11.1 Å². The predicted molar refractivity (Wildman–Crippen MR) is 88.0 cm³/mol. The number of hydrogen-bond acceptors (Lipinski definition) is 4. The molecule has 7 heteroatoms. The van der Waals surface area contributed by atoms with Crippen LogP contribution in [-0.2, 0) is 25.8 Å². The molecule has 1 aromatic carbocycles. The van der Waals surface area contributed by atoms with Crippen molar-refractivity contribution in [1.82, 2.24) is 5.06 Å². The molecule has 2 aliphatic rings. The molecular formula is C17H17ClN2O4. The fraction of sp³-hybridized carbons (Fsp3) is 0.353. The van der Waals surface area contributed by atoms with Gasteiger partial charge in [-0.25, -0.2) is 9.96 Å². The zero-order valence-corrected chi connectivity index (χ0v) is 14.4. The first-order valence-electron chi connectivity index (χ1n) is 7.51. The number of amides is 3. The van der Waals surface area contributed by atoms with Crippen molar-refractivity contribution in [2.24, 2.45) is 5.41 Å². The molecule has 0 aromatic heterocycles. The third-order valence-corrected chi connectivity index (χ3v) is 4.45. The van der Waals surface area contributed by atoms with Crippen LogP contribution in [0.2, 0.25) is 5.02 Å². The van der Waals surface area contributed by atoms with Gasteiger partial charge >= 0.3 is 0 Å². The van der Waals surface area contributed by atoms with Gasteiger partial charge in [0.15, 0.2) is 0 Å². The highest BCUT2D eigenvalue weighted by molar-refractivity contribution is 6.33. The third-order valence-electron chi connectivity index (χ3n) is 4.10. The van der Waals surface area contributed by atoms with Gasteiger partial charge in [-0.3, -0.25) is 19.2 Å². The van der Waals surface area contributed by atoms with Crippen LogP contribution < -0.4 is 4.90 Å². The molecule has 0 bridgehead atoms. The number of imide groups is 1. The summed E-state index contributed by atoms with van der Waals surface area (Å²) in [7, 11) is 0. The standard InChI is InChI=1S/C17H17ClN2O4/c1-10-6-14(21)20(15(10)22)12-5-4-11(13(18)7-12)8-19-16(23)17(2,3)9-24-19/h4-7H,8-9H2,1-3H3. The van der Waals surface area contributed by atoms with Crippen LogP contribution in [0.4, 0.5) is 5.69 Å². The molecular weight excluding hydrogens is 332 g/mol. The Bertz CT molecular complexity index is 785. The topological polar surface area (TPSA) is 66.9 Å². The van der Waals surface area contributed by atoms with Crippen molar-refractivity contribution in [2.75, 3.05) is 11.5 Å². The molecule has 2 aliphatic heterocycles. The minimum atomic E-state index is -0.552. The summed E-state index contributed by atoms with van der Waals surface area (Å²) in [6.07, 6.45) is 1.29. The van der Waals surface area contributed by atoms with E-state index in [-0.39, 0.29) is 24.3 Å². The number of halogens is 1. The summed E-state index contributed by atoms with van der Waals surface area (Å²) in [5, 5.41) is 1.65. The monoisotopic (exact) mass is 348 g/mol. The van der Waals surface area contributed by atoms with Gasteiger partial charge in [-0.1, -0.05) is 17.7 Å². The van der Waals surface area contributed by atoms with Crippen LogP contribution in [-0.4, -0.2) is 29.4 Å². The second-order valence-electron chi connectivity index (χ2n) is 6.58. The van der Waals surface area contributed by atoms with Crippen LogP contribution in [0.5, 0.6) is 0 Å². The van der Waals surface area contributed by atoms with E-state index in [4.69, 9.17) is 16.4 Å². The van der Waals surface area contributed by atoms with Crippen LogP contribution >= 0.6 is 11.6 Å². The minimum absolute atomic E-state index is 0.104. The predicted octanol–water partition coefficient (Wildman–Crippen LogP) is 2.46. The van der Waals surface area contributed by atoms with E-state index in [0.717, 1.165) is 4.90 Å². The molecule has 0 spiro atoms. The summed E-state index contributed by atoms with van der Waals surface area (Å²) in [5.74, 6) is -0.850. The van der Waals surface area contributed by atoms with Crippen LogP contribution in [0.3, 0.4) is 0 Å². The van der Waals surface area contributed by atoms with E-state index in [0.29, 0.717) is 28.5 Å². The zero-order chi connectivity index (χ0) is 17.6. The maximum absolute atomic E-state index is 12.2. The fourth-order valence-corrected chi connectivity index (χ4v) is 2.84. The first kappa shape index (κ1) is 16.7. The summed E-state index contributed by atoms with van der Waals surface area (Å²) in [6.45, 7) is 5.76. The number of hydroxylamine groups is 2. The van der Waals surface area contributed by atoms with E-state index >= 15 is 0 Å². The van der Waals surface area contributed by atoms with Crippen LogP contribution in [0.25, 0.3) is 0 Å². The molecule has 0 radical (unpaired) electrons. The minimum Gasteiger partial charge on any atom is -0.272 e. The third kappa shape index (κ3) is 2.72. The van der Waals surface area contributed by atoms with Crippen molar-refractivity contribution < 1.29 is 19.2 Å². The Morgan fingerprint density at radius 3 is 2.46 bits per heavy atom. The van der Waals surface area contributed by atoms with E-state index in [9.17, 15) is 14.4 Å². The molecule has 0 saturated carbocycles. The average molecular weight is 349 g/mol. The van der Waals surface area contributed by atoms with Crippen molar-refractivity contribution in [2.45, 2.75) is 27.3 Å². The smallest absolute Gasteiger partial charge is 0.261 e. The first-order valence-corrected chi connectivity index (χ1v) is 7.88. The summed E-state index contributed by atoms with van der Waals surface area (Å²) >= 11 is 6.28. The molecule has 24 heavy (non-hydrogen) atoms. The van der Waals surface area contributed by atoms with Crippen molar-refractivity contribution in [3.05, 3.63) is 40.4 Å². The molecule has 3 rings (SSSR count). The van der Waals surface area contributed by atoms with Gasteiger partial charge in [-0.15, -0.1) is 0 Å². The van der Waals surface area contributed by atoms with Gasteiger partial charge in [0.25, 0.3) is 17.7 Å².